The molecule has 7 rings (SSSR count). The molecular formula is C57H64N2O17S2. The van der Waals surface area contributed by atoms with Crippen molar-refractivity contribution in [2.75, 3.05) is 31.2 Å². The van der Waals surface area contributed by atoms with Gasteiger partial charge in [0.1, 0.15) is 43.9 Å². The summed E-state index contributed by atoms with van der Waals surface area (Å²) in [6.07, 6.45) is 1.23. The summed E-state index contributed by atoms with van der Waals surface area (Å²) in [4.78, 5) is 48.8. The smallest absolute Gasteiger partial charge is 0.303 e. The molecule has 78 heavy (non-hydrogen) atoms. The van der Waals surface area contributed by atoms with Gasteiger partial charge in [-0.25, -0.2) is 16.8 Å². The molecule has 0 saturated carbocycles. The average molecular weight is 1110 g/mol. The Bertz CT molecular complexity index is 3290. The lowest BCUT2D eigenvalue weighted by Gasteiger charge is -2.43. The van der Waals surface area contributed by atoms with Gasteiger partial charge in [-0.05, 0) is 75.2 Å². The molecule has 4 aromatic rings. The van der Waals surface area contributed by atoms with Gasteiger partial charge in [0.25, 0.3) is 0 Å². The van der Waals surface area contributed by atoms with Crippen molar-refractivity contribution in [2.24, 2.45) is 0 Å². The third-order valence-corrected chi connectivity index (χ3v) is 15.1. The predicted octanol–water partition coefficient (Wildman–Crippen LogP) is 6.78. The number of hydrogen-bond acceptors (Lipinski definition) is 17. The Kier molecular flexibility index (Phi) is 18.3. The van der Waals surface area contributed by atoms with Crippen LogP contribution in [0.5, 0.6) is 11.5 Å². The van der Waals surface area contributed by atoms with Crippen molar-refractivity contribution in [3.05, 3.63) is 131 Å². The molecule has 0 bridgehead atoms. The molecule has 0 aromatic heterocycles. The van der Waals surface area contributed by atoms with E-state index in [0.29, 0.717) is 23.4 Å². The van der Waals surface area contributed by atoms with Crippen LogP contribution in [-0.2, 0) is 80.5 Å². The summed E-state index contributed by atoms with van der Waals surface area (Å²) in [7, 11) is -8.88. The fraction of sp³-hybridized carbons (Fsp3) is 0.404. The van der Waals surface area contributed by atoms with Crippen LogP contribution in [0.15, 0.2) is 103 Å². The maximum atomic E-state index is 12.4. The van der Waals surface area contributed by atoms with Crippen molar-refractivity contribution < 1.29 is 87.4 Å². The zero-order valence-electron chi connectivity index (χ0n) is 44.7. The number of fused-ring (bicyclic) bond motifs is 2. The maximum absolute atomic E-state index is 12.4. The molecule has 0 spiro atoms. The van der Waals surface area contributed by atoms with E-state index in [1.165, 1.54) is 6.92 Å². The third-order valence-electron chi connectivity index (χ3n) is 13.6. The quantitative estimate of drug-likeness (QED) is 0.0340. The van der Waals surface area contributed by atoms with Crippen molar-refractivity contribution in [1.29, 1.82) is 0 Å². The van der Waals surface area contributed by atoms with E-state index in [4.69, 9.17) is 33.2 Å². The molecule has 19 nitrogen and oxygen atoms in total. The second-order valence-corrected chi connectivity index (χ2v) is 23.2. The van der Waals surface area contributed by atoms with Gasteiger partial charge in [-0.15, -0.1) is 0 Å². The number of benzene rings is 4. The maximum Gasteiger partial charge on any atom is 0.303 e. The number of nitrogens with zero attached hydrogens (tertiary/aromatic N) is 2. The van der Waals surface area contributed by atoms with Crippen LogP contribution in [0.2, 0.25) is 0 Å². The Morgan fingerprint density at radius 2 is 1.12 bits per heavy atom. The number of allylic oxidation sites excluding steroid dienone is 2. The Balaban J connectivity index is 1.21. The summed E-state index contributed by atoms with van der Waals surface area (Å²) in [5.41, 5.74) is 6.83. The van der Waals surface area contributed by atoms with Crippen LogP contribution in [0.4, 0.5) is 11.4 Å². The van der Waals surface area contributed by atoms with Gasteiger partial charge in [0.05, 0.1) is 31.1 Å². The number of rotatable bonds is 22. The first kappa shape index (κ1) is 58.6. The molecule has 4 aromatic carbocycles. The molecule has 5 atom stereocenters. The van der Waals surface area contributed by atoms with Crippen LogP contribution < -0.4 is 9.47 Å². The minimum Gasteiger partial charge on any atom is -0.748 e. The zero-order chi connectivity index (χ0) is 56.7. The highest BCUT2D eigenvalue weighted by Gasteiger charge is 2.53. The van der Waals surface area contributed by atoms with Gasteiger partial charge in [-0.2, -0.15) is 9.15 Å². The van der Waals surface area contributed by atoms with Crippen LogP contribution in [-0.4, -0.2) is 132 Å². The van der Waals surface area contributed by atoms with E-state index in [0.717, 1.165) is 60.3 Å². The molecule has 0 aliphatic carbocycles. The zero-order valence-corrected chi connectivity index (χ0v) is 46.3. The van der Waals surface area contributed by atoms with Crippen LogP contribution >= 0.6 is 0 Å². The summed E-state index contributed by atoms with van der Waals surface area (Å²) < 4.78 is 115. The number of ether oxygens (including phenoxy) is 7. The van der Waals surface area contributed by atoms with E-state index in [1.807, 2.05) is 95.6 Å². The summed E-state index contributed by atoms with van der Waals surface area (Å²) >= 11 is 0. The Hall–Kier alpha value is -7.04. The van der Waals surface area contributed by atoms with Crippen molar-refractivity contribution in [2.45, 2.75) is 116 Å². The Labute approximate surface area is 454 Å². The first-order valence-corrected chi connectivity index (χ1v) is 28.4. The standard InChI is InChI=1S/C57H64N2O17S2/c1-36(60)70-35-49-52(72-37(2)61)53(73-38(3)62)54(74-39(4)63)55(76-49)75-43-24-19-41(20-25-43)34-71-48-26-21-40(22-27-50-56(5,6)44-15-9-11-17-46(44)58(50)29-13-31-77(64,65)66)33-42(48)23-28-51-57(7,8)45-16-10-12-18-47(45)59(51)30-14-32-78(67,68)69/h9-12,15-28,33,49,52-55H,13-14,29-32,34-35H2,1-8H3/b27-22+,28-23+/t49-,52+,53+,54-,55-/m1/s1. The fourth-order valence-electron chi connectivity index (χ4n) is 10.1. The van der Waals surface area contributed by atoms with Gasteiger partial charge in [-0.3, -0.25) is 19.2 Å². The highest BCUT2D eigenvalue weighted by molar-refractivity contribution is 7.85. The summed E-state index contributed by atoms with van der Waals surface area (Å²) in [6.45, 7) is 13.1. The molecule has 21 heteroatoms. The van der Waals surface area contributed by atoms with Crippen molar-refractivity contribution in [3.8, 4) is 11.5 Å². The molecule has 0 N–H and O–H groups in total. The van der Waals surface area contributed by atoms with E-state index >= 15 is 0 Å². The topological polar surface area (TPSA) is 253 Å². The molecule has 0 radical (unpaired) electrons. The molecule has 3 aliphatic heterocycles. The van der Waals surface area contributed by atoms with Crippen molar-refractivity contribution in [1.82, 2.24) is 0 Å². The highest BCUT2D eigenvalue weighted by atomic mass is 32.2. The normalized spacial score (nSPS) is 20.6. The number of hydrogen-bond donors (Lipinski definition) is 0. The third kappa shape index (κ3) is 14.5. The Morgan fingerprint density at radius 1 is 0.615 bits per heavy atom. The lowest BCUT2D eigenvalue weighted by molar-refractivity contribution is -0.437. The van der Waals surface area contributed by atoms with Crippen molar-refractivity contribution in [3.63, 3.8) is 0 Å². The van der Waals surface area contributed by atoms with E-state index in [1.54, 1.807) is 24.3 Å². The molecule has 3 heterocycles. The molecule has 416 valence electrons. The lowest BCUT2D eigenvalue weighted by atomic mass is 9.81. The minimum absolute atomic E-state index is 0.0665. The first-order chi connectivity index (χ1) is 36.7. The molecule has 1 saturated heterocycles. The number of carbonyl (C=O) groups is 4. The highest BCUT2D eigenvalue weighted by Crippen LogP contribution is 2.42. The van der Waals surface area contributed by atoms with Gasteiger partial charge in [0, 0.05) is 93.0 Å². The molecule has 3 aliphatic rings. The van der Waals surface area contributed by atoms with Gasteiger partial charge >= 0.3 is 23.9 Å². The molecule has 1 fully saturated rings. The van der Waals surface area contributed by atoms with Gasteiger partial charge in [0.2, 0.25) is 23.8 Å². The van der Waals surface area contributed by atoms with Crippen LogP contribution in [0.1, 0.15) is 96.0 Å². The lowest BCUT2D eigenvalue weighted by Crippen LogP contribution is -2.63. The summed E-state index contributed by atoms with van der Waals surface area (Å²) in [5, 5.41) is 0. The van der Waals surface area contributed by atoms with Crippen LogP contribution in [0.25, 0.3) is 12.2 Å². The monoisotopic (exact) mass is 1110 g/mol. The molecular weight excluding hydrogens is 1050 g/mol. The van der Waals surface area contributed by atoms with E-state index in [2.05, 4.69) is 32.3 Å². The second-order valence-electron chi connectivity index (χ2n) is 20.2. The molecule has 0 unspecified atom stereocenters. The molecule has 0 amide bonds. The van der Waals surface area contributed by atoms with Crippen LogP contribution in [0, 0.1) is 0 Å². The SMILES string of the molecule is CC(=O)OC[C@H]1O[C@@H](Oc2ccc(COc3ccc(/C=C/C4=[N+](CCCS(=O)(=O)[O-])c5ccccc5C4(C)C)cc3/C=C/C3=[N+](CCCS(=O)(=O)[O-])c4ccccc4C3(C)C)cc2)[C@H](OC(C)=O)[C@@H](OC(C)=O)[C@H]1OC(C)=O. The number of carbonyl (C=O) groups excluding carboxylic acids is 4. The van der Waals surface area contributed by atoms with Gasteiger partial charge in [0.15, 0.2) is 23.6 Å². The Morgan fingerprint density at radius 3 is 1.63 bits per heavy atom. The fourth-order valence-corrected chi connectivity index (χ4v) is 11.0. The van der Waals surface area contributed by atoms with Gasteiger partial charge in [-0.1, -0.05) is 54.6 Å². The van der Waals surface area contributed by atoms with Crippen LogP contribution in [0.3, 0.4) is 0 Å². The average Bonchev–Trinajstić information content (AvgIpc) is 3.88. The number of esters is 4. The largest absolute Gasteiger partial charge is 0.748 e. The van der Waals surface area contributed by atoms with E-state index in [9.17, 15) is 45.1 Å². The van der Waals surface area contributed by atoms with Crippen molar-refractivity contribution >= 4 is 79.1 Å². The first-order valence-electron chi connectivity index (χ1n) is 25.3. The minimum atomic E-state index is -4.46. The second kappa shape index (κ2) is 24.3. The summed E-state index contributed by atoms with van der Waals surface area (Å²) in [6, 6.07) is 28.1. The van der Waals surface area contributed by atoms with Gasteiger partial charge < -0.3 is 42.3 Å². The summed E-state index contributed by atoms with van der Waals surface area (Å²) in [5.74, 6) is -3.28. The predicted molar refractivity (Wildman–Crippen MR) is 285 cm³/mol. The number of para-hydroxylation sites is 2. The van der Waals surface area contributed by atoms with E-state index < -0.39 is 104 Å². The van der Waals surface area contributed by atoms with E-state index in [-0.39, 0.29) is 31.7 Å².